The van der Waals surface area contributed by atoms with E-state index in [0.717, 1.165) is 33.2 Å². The maximum absolute atomic E-state index is 13.0. The van der Waals surface area contributed by atoms with Crippen molar-refractivity contribution in [1.82, 2.24) is 9.88 Å². The molecule has 0 bridgehead atoms. The number of rotatable bonds is 2. The van der Waals surface area contributed by atoms with Crippen molar-refractivity contribution in [2.45, 2.75) is 0 Å². The second kappa shape index (κ2) is 6.65. The highest BCUT2D eigenvalue weighted by molar-refractivity contribution is 6.15. The number of phenols is 1. The standard InChI is InChI=1S/C22H20N2O2/c1-24-13-17(10-15-6-8-19(25)9-7-15)22(26)18(14-24)11-16-12-23-21-5-3-2-4-20(16)21/h2-12,23,25H,13-14H2,1H3. The van der Waals surface area contributed by atoms with Crippen LogP contribution in [0.3, 0.4) is 0 Å². The van der Waals surface area contributed by atoms with E-state index >= 15 is 0 Å². The summed E-state index contributed by atoms with van der Waals surface area (Å²) in [4.78, 5) is 18.4. The second-order valence-electron chi connectivity index (χ2n) is 6.72. The molecule has 2 heterocycles. The Labute approximate surface area is 152 Å². The van der Waals surface area contributed by atoms with Gasteiger partial charge in [-0.25, -0.2) is 0 Å². The van der Waals surface area contributed by atoms with E-state index in [9.17, 15) is 9.90 Å². The number of piperidine rings is 1. The van der Waals surface area contributed by atoms with Gasteiger partial charge in [0.1, 0.15) is 5.75 Å². The van der Waals surface area contributed by atoms with E-state index in [1.54, 1.807) is 12.1 Å². The van der Waals surface area contributed by atoms with Gasteiger partial charge in [0.15, 0.2) is 5.78 Å². The lowest BCUT2D eigenvalue weighted by molar-refractivity contribution is -0.113. The summed E-state index contributed by atoms with van der Waals surface area (Å²) in [5, 5.41) is 10.5. The van der Waals surface area contributed by atoms with E-state index in [1.807, 2.05) is 55.7 Å². The minimum absolute atomic E-state index is 0.0847. The molecular formula is C22H20N2O2. The van der Waals surface area contributed by atoms with Crippen molar-refractivity contribution in [2.75, 3.05) is 20.1 Å². The van der Waals surface area contributed by atoms with Crippen LogP contribution >= 0.6 is 0 Å². The summed E-state index contributed by atoms with van der Waals surface area (Å²) in [5.41, 5.74) is 4.55. The van der Waals surface area contributed by atoms with Crippen LogP contribution in [0, 0.1) is 0 Å². The number of benzene rings is 2. The van der Waals surface area contributed by atoms with E-state index in [4.69, 9.17) is 0 Å². The Morgan fingerprint density at radius 2 is 1.69 bits per heavy atom. The van der Waals surface area contributed by atoms with E-state index in [1.165, 1.54) is 0 Å². The van der Waals surface area contributed by atoms with Gasteiger partial charge in [-0.3, -0.25) is 9.69 Å². The van der Waals surface area contributed by atoms with E-state index in [0.29, 0.717) is 13.1 Å². The Balaban J connectivity index is 1.70. The first-order valence-electron chi connectivity index (χ1n) is 8.60. The number of para-hydroxylation sites is 1. The van der Waals surface area contributed by atoms with Gasteiger partial charge in [-0.15, -0.1) is 0 Å². The molecule has 0 aliphatic carbocycles. The molecule has 1 aromatic heterocycles. The second-order valence-corrected chi connectivity index (χ2v) is 6.72. The number of aromatic hydroxyl groups is 1. The largest absolute Gasteiger partial charge is 0.508 e. The van der Waals surface area contributed by atoms with Crippen LogP contribution in [0.1, 0.15) is 11.1 Å². The average Bonchev–Trinajstić information content (AvgIpc) is 3.04. The van der Waals surface area contributed by atoms with Crippen molar-refractivity contribution >= 4 is 28.8 Å². The number of aromatic nitrogens is 1. The van der Waals surface area contributed by atoms with Crippen molar-refractivity contribution in [2.24, 2.45) is 0 Å². The minimum atomic E-state index is 0.0847. The number of carbonyl (C=O) groups is 1. The minimum Gasteiger partial charge on any atom is -0.508 e. The topological polar surface area (TPSA) is 56.3 Å². The zero-order valence-electron chi connectivity index (χ0n) is 14.6. The van der Waals surface area contributed by atoms with Gasteiger partial charge in [0.25, 0.3) is 0 Å². The SMILES string of the molecule is CN1CC(=Cc2ccc(O)cc2)C(=O)C(=Cc2c[nH]c3ccccc23)C1. The monoisotopic (exact) mass is 344 g/mol. The molecule has 2 aromatic carbocycles. The third kappa shape index (κ3) is 3.19. The number of ketones is 1. The number of phenolic OH excluding ortho intramolecular Hbond substituents is 1. The first-order valence-corrected chi connectivity index (χ1v) is 8.60. The van der Waals surface area contributed by atoms with Gasteiger partial charge in [0.2, 0.25) is 0 Å². The van der Waals surface area contributed by atoms with Gasteiger partial charge < -0.3 is 10.1 Å². The molecule has 3 aromatic rings. The number of nitrogens with one attached hydrogen (secondary N) is 1. The quantitative estimate of drug-likeness (QED) is 0.694. The van der Waals surface area contributed by atoms with Crippen LogP contribution in [0.5, 0.6) is 5.75 Å². The number of H-pyrrole nitrogens is 1. The fourth-order valence-corrected chi connectivity index (χ4v) is 3.38. The zero-order valence-corrected chi connectivity index (χ0v) is 14.6. The van der Waals surface area contributed by atoms with Gasteiger partial charge in [-0.1, -0.05) is 30.3 Å². The van der Waals surface area contributed by atoms with Crippen molar-refractivity contribution in [3.05, 3.63) is 77.0 Å². The molecule has 26 heavy (non-hydrogen) atoms. The van der Waals surface area contributed by atoms with Crippen LogP contribution in [0.15, 0.2) is 65.9 Å². The van der Waals surface area contributed by atoms with Crippen LogP contribution in [0.4, 0.5) is 0 Å². The number of fused-ring (bicyclic) bond motifs is 1. The molecule has 0 saturated carbocycles. The summed E-state index contributed by atoms with van der Waals surface area (Å²) in [6, 6.07) is 15.0. The van der Waals surface area contributed by atoms with Crippen molar-refractivity contribution in [3.63, 3.8) is 0 Å². The van der Waals surface area contributed by atoms with Crippen LogP contribution in [-0.2, 0) is 4.79 Å². The number of hydrogen-bond donors (Lipinski definition) is 2. The number of likely N-dealkylation sites (tertiary alicyclic amines) is 1. The molecule has 1 fully saturated rings. The summed E-state index contributed by atoms with van der Waals surface area (Å²) < 4.78 is 0. The van der Waals surface area contributed by atoms with E-state index < -0.39 is 0 Å². The van der Waals surface area contributed by atoms with Gasteiger partial charge >= 0.3 is 0 Å². The summed E-state index contributed by atoms with van der Waals surface area (Å²) in [6.07, 6.45) is 5.84. The number of carbonyl (C=O) groups excluding carboxylic acids is 1. The Kier molecular flexibility index (Phi) is 4.19. The third-order valence-electron chi connectivity index (χ3n) is 4.65. The number of likely N-dealkylation sites (N-methyl/N-ethyl adjacent to an activating group) is 1. The van der Waals surface area contributed by atoms with E-state index in [2.05, 4.69) is 16.0 Å². The van der Waals surface area contributed by atoms with Crippen LogP contribution in [-0.4, -0.2) is 40.9 Å². The molecule has 130 valence electrons. The lowest BCUT2D eigenvalue weighted by Crippen LogP contribution is -2.34. The fourth-order valence-electron chi connectivity index (χ4n) is 3.38. The van der Waals surface area contributed by atoms with Crippen molar-refractivity contribution in [1.29, 1.82) is 0 Å². The van der Waals surface area contributed by atoms with Gasteiger partial charge in [0.05, 0.1) is 0 Å². The van der Waals surface area contributed by atoms with Gasteiger partial charge in [0, 0.05) is 46.9 Å². The van der Waals surface area contributed by atoms with Gasteiger partial charge in [-0.2, -0.15) is 0 Å². The Hall–Kier alpha value is -3.11. The normalized spacial score (nSPS) is 18.9. The first kappa shape index (κ1) is 16.4. The Morgan fingerprint density at radius 3 is 2.46 bits per heavy atom. The van der Waals surface area contributed by atoms with Crippen molar-refractivity contribution in [3.8, 4) is 5.75 Å². The summed E-state index contributed by atoms with van der Waals surface area (Å²) in [5.74, 6) is 0.306. The lowest BCUT2D eigenvalue weighted by atomic mass is 9.94. The summed E-state index contributed by atoms with van der Waals surface area (Å²) >= 11 is 0. The highest BCUT2D eigenvalue weighted by Crippen LogP contribution is 2.25. The smallest absolute Gasteiger partial charge is 0.187 e. The molecule has 0 radical (unpaired) electrons. The molecule has 4 heteroatoms. The predicted octanol–water partition coefficient (Wildman–Crippen LogP) is 3.86. The molecule has 1 saturated heterocycles. The molecule has 1 aliphatic rings. The average molecular weight is 344 g/mol. The van der Waals surface area contributed by atoms with Crippen LogP contribution in [0.2, 0.25) is 0 Å². The number of hydrogen-bond acceptors (Lipinski definition) is 3. The molecule has 0 amide bonds. The van der Waals surface area contributed by atoms with Crippen molar-refractivity contribution < 1.29 is 9.90 Å². The number of nitrogens with zero attached hydrogens (tertiary/aromatic N) is 1. The Bertz CT molecular complexity index is 1030. The third-order valence-corrected chi connectivity index (χ3v) is 4.65. The molecule has 1 aliphatic heterocycles. The van der Waals surface area contributed by atoms with Crippen LogP contribution < -0.4 is 0 Å². The molecular weight excluding hydrogens is 324 g/mol. The molecule has 2 N–H and O–H groups in total. The summed E-state index contributed by atoms with van der Waals surface area (Å²) in [7, 11) is 2.01. The maximum Gasteiger partial charge on any atom is 0.187 e. The van der Waals surface area contributed by atoms with Crippen LogP contribution in [0.25, 0.3) is 23.1 Å². The number of aromatic amines is 1. The highest BCUT2D eigenvalue weighted by atomic mass is 16.3. The summed E-state index contributed by atoms with van der Waals surface area (Å²) in [6.45, 7) is 1.25. The first-order chi connectivity index (χ1) is 12.6. The fraction of sp³-hybridized carbons (Fsp3) is 0.136. The maximum atomic E-state index is 13.0. The van der Waals surface area contributed by atoms with E-state index in [-0.39, 0.29) is 11.5 Å². The molecule has 0 atom stereocenters. The zero-order chi connectivity index (χ0) is 18.1. The Morgan fingerprint density at radius 1 is 1.00 bits per heavy atom. The predicted molar refractivity (Wildman–Crippen MR) is 105 cm³/mol. The molecule has 4 nitrogen and oxygen atoms in total. The highest BCUT2D eigenvalue weighted by Gasteiger charge is 2.24. The lowest BCUT2D eigenvalue weighted by Gasteiger charge is -2.26. The molecule has 0 unspecified atom stereocenters. The molecule has 4 rings (SSSR count). The molecule has 0 spiro atoms. The van der Waals surface area contributed by atoms with Gasteiger partial charge in [-0.05, 0) is 43.0 Å². The number of Topliss-reactive ketones (excluding diaryl/α,β-unsaturated/α-hetero) is 1.